The largest absolute Gasteiger partial charge is 0.381 e. The SMILES string of the molecule is O=C(Nc1ccc(NC2CCCCC2)nn1)C1CCOCC1. The quantitative estimate of drug-likeness (QED) is 0.894. The summed E-state index contributed by atoms with van der Waals surface area (Å²) in [4.78, 5) is 12.1. The third-order valence-electron chi connectivity index (χ3n) is 4.47. The van der Waals surface area contributed by atoms with E-state index < -0.39 is 0 Å². The standard InChI is InChI=1S/C16H24N4O2/c21-16(12-8-10-22-11-9-12)18-15-7-6-14(19-20-15)17-13-4-2-1-3-5-13/h6-7,12-13H,1-5,8-11H2,(H,17,19)(H,18,20,21). The molecule has 120 valence electrons. The second kappa shape index (κ2) is 7.54. The van der Waals surface area contributed by atoms with Gasteiger partial charge in [0.2, 0.25) is 5.91 Å². The average Bonchev–Trinajstić information content (AvgIpc) is 2.58. The van der Waals surface area contributed by atoms with Crippen molar-refractivity contribution in [3.63, 3.8) is 0 Å². The maximum Gasteiger partial charge on any atom is 0.228 e. The van der Waals surface area contributed by atoms with Gasteiger partial charge in [-0.1, -0.05) is 19.3 Å². The van der Waals surface area contributed by atoms with Crippen molar-refractivity contribution >= 4 is 17.5 Å². The van der Waals surface area contributed by atoms with Crippen LogP contribution < -0.4 is 10.6 Å². The number of nitrogens with zero attached hydrogens (tertiary/aromatic N) is 2. The van der Waals surface area contributed by atoms with Crippen LogP contribution in [0.25, 0.3) is 0 Å². The summed E-state index contributed by atoms with van der Waals surface area (Å²) in [6.07, 6.45) is 7.85. The van der Waals surface area contributed by atoms with Crippen LogP contribution in [0.4, 0.5) is 11.6 Å². The van der Waals surface area contributed by atoms with Gasteiger partial charge in [-0.2, -0.15) is 0 Å². The van der Waals surface area contributed by atoms with E-state index in [-0.39, 0.29) is 11.8 Å². The molecular weight excluding hydrogens is 280 g/mol. The van der Waals surface area contributed by atoms with Gasteiger partial charge in [0.1, 0.15) is 5.82 Å². The fraction of sp³-hybridized carbons (Fsp3) is 0.688. The number of aromatic nitrogens is 2. The molecule has 2 aliphatic rings. The molecule has 0 atom stereocenters. The van der Waals surface area contributed by atoms with Crippen molar-refractivity contribution in [1.82, 2.24) is 10.2 Å². The Bertz CT molecular complexity index is 479. The first-order valence-electron chi connectivity index (χ1n) is 8.30. The first kappa shape index (κ1) is 15.2. The van der Waals surface area contributed by atoms with Gasteiger partial charge >= 0.3 is 0 Å². The Hall–Kier alpha value is -1.69. The van der Waals surface area contributed by atoms with Crippen LogP contribution in [0, 0.1) is 5.92 Å². The van der Waals surface area contributed by atoms with E-state index in [9.17, 15) is 4.79 Å². The van der Waals surface area contributed by atoms with Crippen LogP contribution >= 0.6 is 0 Å². The zero-order valence-corrected chi connectivity index (χ0v) is 12.9. The van der Waals surface area contributed by atoms with Gasteiger partial charge in [-0.3, -0.25) is 4.79 Å². The first-order chi connectivity index (χ1) is 10.8. The molecule has 0 radical (unpaired) electrons. The van der Waals surface area contributed by atoms with Crippen molar-refractivity contribution in [1.29, 1.82) is 0 Å². The fourth-order valence-corrected chi connectivity index (χ4v) is 3.12. The summed E-state index contributed by atoms with van der Waals surface area (Å²) >= 11 is 0. The fourth-order valence-electron chi connectivity index (χ4n) is 3.12. The van der Waals surface area contributed by atoms with Gasteiger partial charge in [-0.15, -0.1) is 10.2 Å². The second-order valence-electron chi connectivity index (χ2n) is 6.16. The van der Waals surface area contributed by atoms with Gasteiger partial charge in [-0.05, 0) is 37.8 Å². The molecule has 1 aliphatic carbocycles. The Morgan fingerprint density at radius 1 is 1.00 bits per heavy atom. The lowest BCUT2D eigenvalue weighted by Gasteiger charge is -2.23. The highest BCUT2D eigenvalue weighted by Gasteiger charge is 2.22. The number of hydrogen-bond donors (Lipinski definition) is 2. The average molecular weight is 304 g/mol. The van der Waals surface area contributed by atoms with Crippen LogP contribution in [0.5, 0.6) is 0 Å². The Morgan fingerprint density at radius 2 is 1.68 bits per heavy atom. The van der Waals surface area contributed by atoms with Crippen molar-refractivity contribution in [2.45, 2.75) is 51.0 Å². The highest BCUT2D eigenvalue weighted by molar-refractivity contribution is 5.91. The number of ether oxygens (including phenoxy) is 1. The van der Waals surface area contributed by atoms with Gasteiger partial charge in [0.15, 0.2) is 5.82 Å². The van der Waals surface area contributed by atoms with E-state index >= 15 is 0 Å². The highest BCUT2D eigenvalue weighted by Crippen LogP contribution is 2.21. The smallest absolute Gasteiger partial charge is 0.228 e. The van der Waals surface area contributed by atoms with Gasteiger partial charge < -0.3 is 15.4 Å². The zero-order chi connectivity index (χ0) is 15.2. The lowest BCUT2D eigenvalue weighted by Crippen LogP contribution is -2.29. The lowest BCUT2D eigenvalue weighted by molar-refractivity contribution is -0.122. The summed E-state index contributed by atoms with van der Waals surface area (Å²) in [5, 5.41) is 14.5. The molecule has 0 spiro atoms. The Balaban J connectivity index is 1.51. The van der Waals surface area contributed by atoms with Crippen LogP contribution in [0.3, 0.4) is 0 Å². The van der Waals surface area contributed by atoms with E-state index in [1.54, 1.807) is 0 Å². The normalized spacial score (nSPS) is 20.5. The summed E-state index contributed by atoms with van der Waals surface area (Å²) in [7, 11) is 0. The number of hydrogen-bond acceptors (Lipinski definition) is 5. The van der Waals surface area contributed by atoms with Crippen LogP contribution in [-0.2, 0) is 9.53 Å². The molecule has 0 aromatic carbocycles. The number of rotatable bonds is 4. The molecule has 1 saturated heterocycles. The van der Waals surface area contributed by atoms with E-state index in [0.29, 0.717) is 25.1 Å². The van der Waals surface area contributed by atoms with Crippen LogP contribution in [0.2, 0.25) is 0 Å². The van der Waals surface area contributed by atoms with Crippen molar-refractivity contribution in [3.8, 4) is 0 Å². The van der Waals surface area contributed by atoms with E-state index in [2.05, 4.69) is 20.8 Å². The lowest BCUT2D eigenvalue weighted by atomic mass is 9.95. The summed E-state index contributed by atoms with van der Waals surface area (Å²) in [5.41, 5.74) is 0. The molecule has 1 aliphatic heterocycles. The molecule has 3 rings (SSSR count). The number of carbonyl (C=O) groups is 1. The third kappa shape index (κ3) is 4.16. The number of amides is 1. The Labute approximate surface area is 131 Å². The summed E-state index contributed by atoms with van der Waals surface area (Å²) in [5.74, 6) is 1.35. The zero-order valence-electron chi connectivity index (χ0n) is 12.9. The molecule has 0 bridgehead atoms. The van der Waals surface area contributed by atoms with E-state index in [1.807, 2.05) is 12.1 Å². The van der Waals surface area contributed by atoms with Crippen LogP contribution in [0.1, 0.15) is 44.9 Å². The summed E-state index contributed by atoms with van der Waals surface area (Å²) < 4.78 is 5.27. The monoisotopic (exact) mass is 304 g/mol. The van der Waals surface area contributed by atoms with Crippen molar-refractivity contribution < 1.29 is 9.53 Å². The summed E-state index contributed by atoms with van der Waals surface area (Å²) in [6, 6.07) is 4.21. The van der Waals surface area contributed by atoms with Crippen LogP contribution in [-0.4, -0.2) is 35.4 Å². The molecule has 2 N–H and O–H groups in total. The molecule has 1 aromatic rings. The van der Waals surface area contributed by atoms with E-state index in [4.69, 9.17) is 4.74 Å². The molecule has 1 saturated carbocycles. The third-order valence-corrected chi connectivity index (χ3v) is 4.47. The molecular formula is C16H24N4O2. The maximum absolute atomic E-state index is 12.1. The van der Waals surface area contributed by atoms with Gasteiger partial charge in [0, 0.05) is 25.2 Å². The predicted molar refractivity (Wildman–Crippen MR) is 84.7 cm³/mol. The van der Waals surface area contributed by atoms with Crippen LogP contribution in [0.15, 0.2) is 12.1 Å². The van der Waals surface area contributed by atoms with Gasteiger partial charge in [0.25, 0.3) is 0 Å². The minimum Gasteiger partial charge on any atom is -0.381 e. The first-order valence-corrected chi connectivity index (χ1v) is 8.30. The predicted octanol–water partition coefficient (Wildman–Crippen LogP) is 2.59. The molecule has 1 amide bonds. The Morgan fingerprint density at radius 3 is 2.36 bits per heavy atom. The number of anilines is 2. The number of nitrogens with one attached hydrogen (secondary N) is 2. The molecule has 22 heavy (non-hydrogen) atoms. The maximum atomic E-state index is 12.1. The Kier molecular flexibility index (Phi) is 5.21. The van der Waals surface area contributed by atoms with Crippen molar-refractivity contribution in [2.24, 2.45) is 5.92 Å². The molecule has 2 fully saturated rings. The molecule has 6 nitrogen and oxygen atoms in total. The topological polar surface area (TPSA) is 76.1 Å². The second-order valence-corrected chi connectivity index (χ2v) is 6.16. The van der Waals surface area contributed by atoms with E-state index in [0.717, 1.165) is 18.7 Å². The minimum atomic E-state index is 0.0191. The molecule has 2 heterocycles. The molecule has 1 aromatic heterocycles. The summed E-state index contributed by atoms with van der Waals surface area (Å²) in [6.45, 7) is 1.32. The number of carbonyl (C=O) groups excluding carboxylic acids is 1. The molecule has 0 unspecified atom stereocenters. The van der Waals surface area contributed by atoms with Crippen molar-refractivity contribution in [3.05, 3.63) is 12.1 Å². The van der Waals surface area contributed by atoms with Gasteiger partial charge in [-0.25, -0.2) is 0 Å². The molecule has 6 heteroatoms. The van der Waals surface area contributed by atoms with Crippen molar-refractivity contribution in [2.75, 3.05) is 23.8 Å². The minimum absolute atomic E-state index is 0.0191. The van der Waals surface area contributed by atoms with E-state index in [1.165, 1.54) is 32.1 Å². The van der Waals surface area contributed by atoms with Gasteiger partial charge in [0.05, 0.1) is 0 Å². The highest BCUT2D eigenvalue weighted by atomic mass is 16.5.